The van der Waals surface area contributed by atoms with Gasteiger partial charge in [0.05, 0.1) is 11.4 Å². The molecule has 0 unspecified atom stereocenters. The molecule has 0 bridgehead atoms. The summed E-state index contributed by atoms with van der Waals surface area (Å²) in [6, 6.07) is 28.6. The highest BCUT2D eigenvalue weighted by atomic mass is 79.9. The second kappa shape index (κ2) is 7.40. The van der Waals surface area contributed by atoms with E-state index in [1.807, 2.05) is 70.9 Å². The first-order valence-electron chi connectivity index (χ1n) is 7.94. The molecule has 5 heteroatoms. The summed E-state index contributed by atoms with van der Waals surface area (Å²) >= 11 is 0. The highest BCUT2D eigenvalue weighted by Crippen LogP contribution is 2.25. The molecule has 0 saturated carbocycles. The number of hydrogen-bond donors (Lipinski definition) is 1. The van der Waals surface area contributed by atoms with Gasteiger partial charge in [0.2, 0.25) is 0 Å². The van der Waals surface area contributed by atoms with Crippen molar-refractivity contribution in [2.75, 3.05) is 10.2 Å². The van der Waals surface area contributed by atoms with E-state index in [9.17, 15) is 0 Å². The smallest absolute Gasteiger partial charge is 0.176 e. The molecule has 0 fully saturated rings. The molecular weight excluding hydrogens is 376 g/mol. The zero-order chi connectivity index (χ0) is 16.4. The first-order valence-corrected chi connectivity index (χ1v) is 7.94. The first-order chi connectivity index (χ1) is 11.8. The maximum Gasteiger partial charge on any atom is 0.176 e. The van der Waals surface area contributed by atoms with Crippen LogP contribution in [-0.2, 0) is 0 Å². The van der Waals surface area contributed by atoms with E-state index in [1.165, 1.54) is 5.56 Å². The van der Waals surface area contributed by atoms with Crippen molar-refractivity contribution in [3.8, 4) is 0 Å². The number of halogens is 1. The second-order valence-electron chi connectivity index (χ2n) is 5.70. The lowest BCUT2D eigenvalue weighted by atomic mass is 10.2. The highest BCUT2D eigenvalue weighted by Gasteiger charge is 2.25. The minimum Gasteiger partial charge on any atom is -0.259 e. The number of nitrogens with zero attached hydrogens (tertiary/aromatic N) is 3. The van der Waals surface area contributed by atoms with Crippen LogP contribution in [0.1, 0.15) is 11.1 Å². The van der Waals surface area contributed by atoms with E-state index < -0.39 is 0 Å². The van der Waals surface area contributed by atoms with E-state index >= 15 is 0 Å². The molecule has 0 spiro atoms. The number of para-hydroxylation sites is 1. The average molecular weight is 395 g/mol. The zero-order valence-corrected chi connectivity index (χ0v) is 15.5. The number of hydrazine groups is 2. The summed E-state index contributed by atoms with van der Waals surface area (Å²) in [5.41, 5.74) is 7.70. The van der Waals surface area contributed by atoms with Crippen LogP contribution < -0.4 is 15.7 Å². The van der Waals surface area contributed by atoms with Gasteiger partial charge in [0.15, 0.2) is 5.84 Å². The maximum atomic E-state index is 4.77. The lowest BCUT2D eigenvalue weighted by Crippen LogP contribution is -2.44. The molecule has 0 radical (unpaired) electrons. The van der Waals surface area contributed by atoms with E-state index in [0.29, 0.717) is 0 Å². The van der Waals surface area contributed by atoms with Crippen molar-refractivity contribution < 1.29 is 0 Å². The lowest BCUT2D eigenvalue weighted by molar-refractivity contribution is 0.770. The second-order valence-corrected chi connectivity index (χ2v) is 5.70. The monoisotopic (exact) mass is 394 g/mol. The third-order valence-corrected chi connectivity index (χ3v) is 3.91. The zero-order valence-electron chi connectivity index (χ0n) is 13.8. The Morgan fingerprint density at radius 3 is 1.96 bits per heavy atom. The Balaban J connectivity index is 0.00000182. The van der Waals surface area contributed by atoms with Crippen LogP contribution in [0, 0.1) is 6.92 Å². The van der Waals surface area contributed by atoms with Gasteiger partial charge in [0.1, 0.15) is 0 Å². The van der Waals surface area contributed by atoms with Gasteiger partial charge in [-0.15, -0.1) is 22.1 Å². The summed E-state index contributed by atoms with van der Waals surface area (Å²) in [6.07, 6.45) is 0. The van der Waals surface area contributed by atoms with Gasteiger partial charge in [0, 0.05) is 5.56 Å². The van der Waals surface area contributed by atoms with Crippen LogP contribution in [0.15, 0.2) is 90.0 Å². The van der Waals surface area contributed by atoms with Crippen molar-refractivity contribution in [1.29, 1.82) is 0 Å². The van der Waals surface area contributed by atoms with Gasteiger partial charge in [-0.1, -0.05) is 66.2 Å². The van der Waals surface area contributed by atoms with Crippen molar-refractivity contribution in [1.82, 2.24) is 5.43 Å². The van der Waals surface area contributed by atoms with Crippen molar-refractivity contribution in [3.63, 3.8) is 0 Å². The molecule has 1 aliphatic rings. The van der Waals surface area contributed by atoms with Crippen molar-refractivity contribution in [2.45, 2.75) is 6.92 Å². The van der Waals surface area contributed by atoms with E-state index in [1.54, 1.807) is 0 Å². The number of nitrogens with one attached hydrogen (secondary N) is 1. The highest BCUT2D eigenvalue weighted by molar-refractivity contribution is 8.93. The van der Waals surface area contributed by atoms with Crippen molar-refractivity contribution >= 4 is 34.2 Å². The Bertz CT molecular complexity index is 848. The minimum absolute atomic E-state index is 0. The van der Waals surface area contributed by atoms with Gasteiger partial charge in [-0.2, -0.15) is 10.2 Å². The Kier molecular flexibility index (Phi) is 5.05. The van der Waals surface area contributed by atoms with Gasteiger partial charge < -0.3 is 0 Å². The molecule has 3 aromatic rings. The molecule has 0 atom stereocenters. The Morgan fingerprint density at radius 1 is 0.720 bits per heavy atom. The summed E-state index contributed by atoms with van der Waals surface area (Å²) in [4.78, 5) is 0. The number of anilines is 2. The van der Waals surface area contributed by atoms with Crippen LogP contribution in [-0.4, -0.2) is 5.84 Å². The average Bonchev–Trinajstić information content (AvgIpc) is 3.09. The largest absolute Gasteiger partial charge is 0.259 e. The number of benzene rings is 3. The number of amidine groups is 1. The molecule has 4 nitrogen and oxygen atoms in total. The van der Waals surface area contributed by atoms with Crippen LogP contribution in [0.2, 0.25) is 0 Å². The number of hydrazone groups is 1. The quantitative estimate of drug-likeness (QED) is 0.699. The fourth-order valence-electron chi connectivity index (χ4n) is 2.62. The Hall–Kier alpha value is -2.79. The standard InChI is InChI=1S/C20H18N4.BrH/c1-16-12-14-19(15-13-16)24-22-20(17-8-4-2-5-9-17)21-23(24)18-10-6-3-7-11-18;/h2-15H,1H3,(H,21,22);1H. The van der Waals surface area contributed by atoms with Gasteiger partial charge in [0.25, 0.3) is 0 Å². The van der Waals surface area contributed by atoms with Crippen molar-refractivity contribution in [2.24, 2.45) is 5.10 Å². The molecule has 126 valence electrons. The third kappa shape index (κ3) is 3.51. The number of aryl methyl sites for hydroxylation is 1. The van der Waals surface area contributed by atoms with E-state index in [2.05, 4.69) is 36.6 Å². The van der Waals surface area contributed by atoms with Gasteiger partial charge in [-0.25, -0.2) is 0 Å². The lowest BCUT2D eigenvalue weighted by Gasteiger charge is -2.28. The molecule has 1 aliphatic heterocycles. The van der Waals surface area contributed by atoms with Crippen LogP contribution in [0.5, 0.6) is 0 Å². The molecule has 3 aromatic carbocycles. The first kappa shape index (κ1) is 17.0. The van der Waals surface area contributed by atoms with Crippen LogP contribution in [0.25, 0.3) is 0 Å². The molecule has 0 aromatic heterocycles. The summed E-state index contributed by atoms with van der Waals surface area (Å²) in [5.74, 6) is 0.819. The topological polar surface area (TPSA) is 30.9 Å². The van der Waals surface area contributed by atoms with E-state index in [4.69, 9.17) is 5.10 Å². The molecule has 1 N–H and O–H groups in total. The van der Waals surface area contributed by atoms with Gasteiger partial charge in [-0.05, 0) is 31.2 Å². The van der Waals surface area contributed by atoms with Crippen LogP contribution in [0.3, 0.4) is 0 Å². The predicted molar refractivity (Wildman–Crippen MR) is 109 cm³/mol. The number of hydrogen-bond acceptors (Lipinski definition) is 4. The third-order valence-electron chi connectivity index (χ3n) is 3.91. The SMILES string of the molecule is Br.Cc1ccc(N2NC(c3ccccc3)=NN2c2ccccc2)cc1. The molecule has 0 amide bonds. The number of rotatable bonds is 3. The summed E-state index contributed by atoms with van der Waals surface area (Å²) in [6.45, 7) is 2.09. The van der Waals surface area contributed by atoms with Gasteiger partial charge in [-0.3, -0.25) is 5.43 Å². The van der Waals surface area contributed by atoms with Crippen LogP contribution >= 0.6 is 17.0 Å². The Labute approximate surface area is 158 Å². The van der Waals surface area contributed by atoms with E-state index in [0.717, 1.165) is 22.8 Å². The normalized spacial score (nSPS) is 13.1. The fourth-order valence-corrected chi connectivity index (χ4v) is 2.62. The Morgan fingerprint density at radius 2 is 1.32 bits per heavy atom. The van der Waals surface area contributed by atoms with Crippen molar-refractivity contribution in [3.05, 3.63) is 96.1 Å². The van der Waals surface area contributed by atoms with Gasteiger partial charge >= 0.3 is 0 Å². The minimum atomic E-state index is 0. The molecule has 0 aliphatic carbocycles. The molecule has 0 saturated heterocycles. The molecule has 1 heterocycles. The van der Waals surface area contributed by atoms with E-state index in [-0.39, 0.29) is 17.0 Å². The molecule has 25 heavy (non-hydrogen) atoms. The summed E-state index contributed by atoms with van der Waals surface area (Å²) in [7, 11) is 0. The summed E-state index contributed by atoms with van der Waals surface area (Å²) in [5, 5.41) is 8.61. The van der Waals surface area contributed by atoms with Crippen LogP contribution in [0.4, 0.5) is 11.4 Å². The molecular formula is C20H19BrN4. The molecule has 4 rings (SSSR count). The predicted octanol–water partition coefficient (Wildman–Crippen LogP) is 4.68. The fraction of sp³-hybridized carbons (Fsp3) is 0.0500. The maximum absolute atomic E-state index is 4.77. The summed E-state index contributed by atoms with van der Waals surface area (Å²) < 4.78 is 0.